The molecule has 0 radical (unpaired) electrons. The smallest absolute Gasteiger partial charge is 0.269 e. The second kappa shape index (κ2) is 6.74. The molecule has 2 aromatic heterocycles. The molecule has 31 heavy (non-hydrogen) atoms. The van der Waals surface area contributed by atoms with Crippen LogP contribution in [0.4, 0.5) is 11.6 Å². The number of benzene rings is 1. The highest BCUT2D eigenvalue weighted by Crippen LogP contribution is 2.44. The molecule has 1 unspecified atom stereocenters. The van der Waals surface area contributed by atoms with Crippen LogP contribution in [0.25, 0.3) is 10.9 Å². The first-order valence-electron chi connectivity index (χ1n) is 10.7. The number of aromatic amines is 1. The number of aromatic hydroxyl groups is 1. The summed E-state index contributed by atoms with van der Waals surface area (Å²) in [6.07, 6.45) is 3.67. The van der Waals surface area contributed by atoms with Gasteiger partial charge in [0.05, 0.1) is 26.0 Å². The maximum atomic E-state index is 9.84. The second-order valence-electron chi connectivity index (χ2n) is 8.81. The van der Waals surface area contributed by atoms with Crippen molar-refractivity contribution in [2.24, 2.45) is 5.10 Å². The van der Waals surface area contributed by atoms with Crippen molar-refractivity contribution >= 4 is 28.3 Å². The first-order valence-corrected chi connectivity index (χ1v) is 10.7. The molecule has 0 spiro atoms. The number of nitrogen functional groups attached to an aromatic ring is 1. The molecule has 3 aromatic rings. The summed E-state index contributed by atoms with van der Waals surface area (Å²) in [5.74, 6) is 1.53. The molecule has 9 heteroatoms. The lowest BCUT2D eigenvalue weighted by atomic mass is 9.83. The van der Waals surface area contributed by atoms with Crippen LogP contribution in [0.2, 0.25) is 0 Å². The van der Waals surface area contributed by atoms with Crippen molar-refractivity contribution in [1.82, 2.24) is 24.4 Å². The van der Waals surface area contributed by atoms with E-state index in [1.807, 2.05) is 12.1 Å². The second-order valence-corrected chi connectivity index (χ2v) is 8.81. The molecular formula is C22H26N7O2+. The third-order valence-electron chi connectivity index (χ3n) is 7.05. The molecular weight excluding hydrogens is 394 g/mol. The van der Waals surface area contributed by atoms with Crippen molar-refractivity contribution in [1.29, 1.82) is 0 Å². The topological polar surface area (TPSA) is 113 Å². The Morgan fingerprint density at radius 1 is 1.19 bits per heavy atom. The fourth-order valence-electron chi connectivity index (χ4n) is 5.17. The molecule has 160 valence electrons. The molecule has 2 fully saturated rings. The maximum Gasteiger partial charge on any atom is 0.269 e. The third-order valence-corrected chi connectivity index (χ3v) is 7.05. The Labute approximate surface area is 179 Å². The zero-order valence-electron chi connectivity index (χ0n) is 17.5. The van der Waals surface area contributed by atoms with Gasteiger partial charge in [-0.25, -0.2) is 4.98 Å². The molecule has 4 heterocycles. The van der Waals surface area contributed by atoms with Gasteiger partial charge in [0.1, 0.15) is 29.5 Å². The number of phenols is 1. The summed E-state index contributed by atoms with van der Waals surface area (Å²) in [5.41, 5.74) is 9.70. The largest absolute Gasteiger partial charge is 0.508 e. The van der Waals surface area contributed by atoms with Crippen molar-refractivity contribution in [2.45, 2.75) is 24.9 Å². The van der Waals surface area contributed by atoms with Gasteiger partial charge in [-0.05, 0) is 24.3 Å². The maximum absolute atomic E-state index is 9.84. The zero-order chi connectivity index (χ0) is 21.2. The van der Waals surface area contributed by atoms with Gasteiger partial charge in [-0.1, -0.05) is 5.10 Å². The monoisotopic (exact) mass is 420 g/mol. The van der Waals surface area contributed by atoms with Crippen LogP contribution in [-0.4, -0.2) is 76.1 Å². The first kappa shape index (κ1) is 18.7. The summed E-state index contributed by atoms with van der Waals surface area (Å²) in [7, 11) is 2.12. The van der Waals surface area contributed by atoms with E-state index in [9.17, 15) is 5.11 Å². The van der Waals surface area contributed by atoms with E-state index in [-0.39, 0.29) is 5.75 Å². The third kappa shape index (κ3) is 2.84. The van der Waals surface area contributed by atoms with Crippen LogP contribution >= 0.6 is 0 Å². The number of rotatable bonds is 3. The number of nitrogens with two attached hydrogens (primary N) is 1. The number of ether oxygens (including phenoxy) is 1. The van der Waals surface area contributed by atoms with Crippen molar-refractivity contribution in [2.75, 3.05) is 39.1 Å². The summed E-state index contributed by atoms with van der Waals surface area (Å²) < 4.78 is 5.89. The molecule has 1 saturated heterocycles. The molecule has 0 amide bonds. The van der Waals surface area contributed by atoms with Crippen molar-refractivity contribution < 1.29 is 9.84 Å². The van der Waals surface area contributed by atoms with E-state index in [4.69, 9.17) is 15.6 Å². The van der Waals surface area contributed by atoms with Crippen LogP contribution in [0.1, 0.15) is 24.1 Å². The molecule has 3 aliphatic rings. The molecule has 9 nitrogen and oxygen atoms in total. The molecule has 0 bridgehead atoms. The van der Waals surface area contributed by atoms with Gasteiger partial charge in [-0.2, -0.15) is 4.98 Å². The number of nitrogens with zero attached hydrogens (tertiary/aromatic N) is 5. The van der Waals surface area contributed by atoms with E-state index < -0.39 is 0 Å². The van der Waals surface area contributed by atoms with Crippen molar-refractivity contribution in [3.05, 3.63) is 41.9 Å². The Hall–Kier alpha value is -3.01. The quantitative estimate of drug-likeness (QED) is 0.557. The normalized spacial score (nSPS) is 28.4. The standard InChI is InChI=1S/C22H25N7O2/c1-29(15-10-14(11-15)28-4-6-31-7-5-28)22-19(21(23)24-12-25-22)20(27-29)18-9-13-8-16(30)2-3-17(13)26-18/h2-3,8-9,12,14-15H,4-7,10-11H2,1H3,(H3-,23,24,25,26,27,30)/p+1. The van der Waals surface area contributed by atoms with Crippen LogP contribution in [0, 0.1) is 0 Å². The number of aromatic nitrogens is 3. The van der Waals surface area contributed by atoms with E-state index in [1.165, 1.54) is 6.33 Å². The Morgan fingerprint density at radius 2 is 2.00 bits per heavy atom. The summed E-state index contributed by atoms with van der Waals surface area (Å²) >= 11 is 0. The van der Waals surface area contributed by atoms with Crippen LogP contribution in [0.5, 0.6) is 5.75 Å². The number of nitrogens with one attached hydrogen (secondary N) is 1. The number of hydrogen-bond acceptors (Lipinski definition) is 7. The fraction of sp³-hybridized carbons (Fsp3) is 0.409. The first-order chi connectivity index (χ1) is 15.0. The highest BCUT2D eigenvalue weighted by molar-refractivity contribution is 6.20. The van der Waals surface area contributed by atoms with Crippen LogP contribution in [-0.2, 0) is 4.74 Å². The van der Waals surface area contributed by atoms with Crippen molar-refractivity contribution in [3.8, 4) is 5.75 Å². The minimum absolute atomic E-state index is 0.235. The van der Waals surface area contributed by atoms with Crippen molar-refractivity contribution in [3.63, 3.8) is 0 Å². The Bertz CT molecular complexity index is 1190. The lowest BCUT2D eigenvalue weighted by molar-refractivity contribution is -0.0249. The number of morpholine rings is 1. The summed E-state index contributed by atoms with van der Waals surface area (Å²) in [6, 6.07) is 8.18. The van der Waals surface area contributed by atoms with Crippen LogP contribution in [0.3, 0.4) is 0 Å². The average Bonchev–Trinajstić information content (AvgIpc) is 3.27. The number of hydrogen-bond donors (Lipinski definition) is 3. The van der Waals surface area contributed by atoms with Gasteiger partial charge in [0.25, 0.3) is 5.82 Å². The van der Waals surface area contributed by atoms with E-state index >= 15 is 0 Å². The molecule has 1 aromatic carbocycles. The van der Waals surface area contributed by atoms with Gasteiger partial charge in [0.15, 0.2) is 5.71 Å². The van der Waals surface area contributed by atoms with Crippen LogP contribution in [0.15, 0.2) is 35.7 Å². The lowest BCUT2D eigenvalue weighted by Crippen LogP contribution is -2.61. The molecule has 1 saturated carbocycles. The Kier molecular flexibility index (Phi) is 4.08. The minimum Gasteiger partial charge on any atom is -0.508 e. The molecule has 1 atom stereocenters. The summed E-state index contributed by atoms with van der Waals surface area (Å²) in [4.78, 5) is 14.8. The minimum atomic E-state index is 0.235. The lowest BCUT2D eigenvalue weighted by Gasteiger charge is -2.47. The van der Waals surface area contributed by atoms with Gasteiger partial charge >= 0.3 is 0 Å². The number of H-pyrrole nitrogens is 1. The van der Waals surface area contributed by atoms with E-state index in [0.717, 1.165) is 72.8 Å². The highest BCUT2D eigenvalue weighted by Gasteiger charge is 2.53. The van der Waals surface area contributed by atoms with Crippen LogP contribution < -0.4 is 10.3 Å². The van der Waals surface area contributed by atoms with Gasteiger partial charge < -0.3 is 20.6 Å². The van der Waals surface area contributed by atoms with E-state index in [1.54, 1.807) is 12.1 Å². The Balaban J connectivity index is 1.37. The van der Waals surface area contributed by atoms with E-state index in [0.29, 0.717) is 22.5 Å². The Morgan fingerprint density at radius 3 is 2.81 bits per heavy atom. The van der Waals surface area contributed by atoms with Gasteiger partial charge in [0, 0.05) is 42.9 Å². The predicted octanol–water partition coefficient (Wildman–Crippen LogP) is 1.81. The molecule has 2 aliphatic heterocycles. The fourth-order valence-corrected chi connectivity index (χ4v) is 5.17. The molecule has 4 N–H and O–H groups in total. The van der Waals surface area contributed by atoms with Gasteiger partial charge in [-0.15, -0.1) is 4.59 Å². The summed E-state index contributed by atoms with van der Waals surface area (Å²) in [5, 5.41) is 15.9. The number of anilines is 1. The highest BCUT2D eigenvalue weighted by atomic mass is 16.5. The number of fused-ring (bicyclic) bond motifs is 2. The zero-order valence-corrected chi connectivity index (χ0v) is 17.5. The SMILES string of the molecule is C[N+]1(C2CC(N3CCOCC3)C2)N=C(c2cc3cc(O)ccc3[nH]2)c2c(N)ncnc21. The van der Waals surface area contributed by atoms with Gasteiger partial charge in [-0.3, -0.25) is 4.90 Å². The molecule has 6 rings (SSSR count). The number of quaternary nitrogens is 1. The predicted molar refractivity (Wildman–Crippen MR) is 119 cm³/mol. The van der Waals surface area contributed by atoms with Gasteiger partial charge in [0.2, 0.25) is 0 Å². The number of phenolic OH excluding ortho intramolecular Hbond substituents is 1. The molecule has 1 aliphatic carbocycles. The summed E-state index contributed by atoms with van der Waals surface area (Å²) in [6.45, 7) is 3.64. The average molecular weight is 420 g/mol. The van der Waals surface area contributed by atoms with E-state index in [2.05, 4.69) is 26.9 Å².